The van der Waals surface area contributed by atoms with Crippen LogP contribution in [-0.2, 0) is 28.9 Å². The SMILES string of the molecule is CCc1cccc(CNC[C@H](O)[C@@H](Cc2cc(F)cc(F)c2)NC(=O)C2=C(C)OC(c3cccs3)C2)c1. The van der Waals surface area contributed by atoms with E-state index in [-0.39, 0.29) is 25.0 Å². The first-order chi connectivity index (χ1) is 17.8. The summed E-state index contributed by atoms with van der Waals surface area (Å²) in [6.07, 6.45) is 0.196. The summed E-state index contributed by atoms with van der Waals surface area (Å²) in [5, 5.41) is 19.1. The van der Waals surface area contributed by atoms with Crippen molar-refractivity contribution >= 4 is 17.2 Å². The summed E-state index contributed by atoms with van der Waals surface area (Å²) in [4.78, 5) is 14.3. The molecule has 37 heavy (non-hydrogen) atoms. The molecule has 4 rings (SSSR count). The Balaban J connectivity index is 1.44. The first-order valence-electron chi connectivity index (χ1n) is 12.4. The Morgan fingerprint density at radius 3 is 2.57 bits per heavy atom. The third-order valence-corrected chi connectivity index (χ3v) is 7.47. The monoisotopic (exact) mass is 526 g/mol. The largest absolute Gasteiger partial charge is 0.489 e. The van der Waals surface area contributed by atoms with Crippen molar-refractivity contribution in [2.24, 2.45) is 0 Å². The molecule has 0 bridgehead atoms. The van der Waals surface area contributed by atoms with Crippen LogP contribution in [0.1, 0.15) is 47.9 Å². The van der Waals surface area contributed by atoms with Gasteiger partial charge in [0.15, 0.2) is 0 Å². The van der Waals surface area contributed by atoms with Crippen LogP contribution in [0.5, 0.6) is 0 Å². The number of carbonyl (C=O) groups excluding carboxylic acids is 1. The van der Waals surface area contributed by atoms with Gasteiger partial charge in [0.25, 0.3) is 5.91 Å². The molecule has 0 saturated heterocycles. The van der Waals surface area contributed by atoms with Gasteiger partial charge >= 0.3 is 0 Å². The molecule has 0 saturated carbocycles. The number of aliphatic hydroxyl groups excluding tert-OH is 1. The summed E-state index contributed by atoms with van der Waals surface area (Å²) < 4.78 is 33.6. The van der Waals surface area contributed by atoms with Gasteiger partial charge in [0, 0.05) is 30.5 Å². The molecule has 2 aromatic carbocycles. The van der Waals surface area contributed by atoms with Gasteiger partial charge < -0.3 is 20.5 Å². The lowest BCUT2D eigenvalue weighted by molar-refractivity contribution is -0.119. The minimum absolute atomic E-state index is 0.0656. The lowest BCUT2D eigenvalue weighted by Crippen LogP contribution is -2.49. The lowest BCUT2D eigenvalue weighted by atomic mass is 9.99. The average molecular weight is 527 g/mol. The highest BCUT2D eigenvalue weighted by Gasteiger charge is 2.32. The van der Waals surface area contributed by atoms with Crippen LogP contribution >= 0.6 is 11.3 Å². The van der Waals surface area contributed by atoms with E-state index in [4.69, 9.17) is 4.74 Å². The van der Waals surface area contributed by atoms with Gasteiger partial charge in [-0.3, -0.25) is 4.79 Å². The summed E-state index contributed by atoms with van der Waals surface area (Å²) >= 11 is 1.57. The maximum Gasteiger partial charge on any atom is 0.251 e. The zero-order chi connectivity index (χ0) is 26.4. The minimum atomic E-state index is -0.999. The fraction of sp³-hybridized carbons (Fsp3) is 0.345. The first-order valence-corrected chi connectivity index (χ1v) is 13.3. The summed E-state index contributed by atoms with van der Waals surface area (Å²) in [5.74, 6) is -1.22. The van der Waals surface area contributed by atoms with Crippen LogP contribution in [-0.4, -0.2) is 29.7 Å². The van der Waals surface area contributed by atoms with Crippen LogP contribution in [0.2, 0.25) is 0 Å². The van der Waals surface area contributed by atoms with E-state index >= 15 is 0 Å². The molecule has 3 N–H and O–H groups in total. The van der Waals surface area contributed by atoms with Crippen molar-refractivity contribution in [2.75, 3.05) is 6.54 Å². The molecule has 0 spiro atoms. The van der Waals surface area contributed by atoms with Crippen molar-refractivity contribution < 1.29 is 23.4 Å². The van der Waals surface area contributed by atoms with Crippen molar-refractivity contribution in [3.8, 4) is 0 Å². The Kier molecular flexibility index (Phi) is 9.08. The fourth-order valence-electron chi connectivity index (χ4n) is 4.53. The van der Waals surface area contributed by atoms with Crippen LogP contribution in [0.3, 0.4) is 0 Å². The topological polar surface area (TPSA) is 70.6 Å². The van der Waals surface area contributed by atoms with Gasteiger partial charge in [0.05, 0.1) is 17.7 Å². The molecule has 0 fully saturated rings. The average Bonchev–Trinajstić information content (AvgIpc) is 3.53. The lowest BCUT2D eigenvalue weighted by Gasteiger charge is -2.25. The summed E-state index contributed by atoms with van der Waals surface area (Å²) in [6.45, 7) is 4.57. The van der Waals surface area contributed by atoms with Gasteiger partial charge in [0.2, 0.25) is 0 Å². The highest BCUT2D eigenvalue weighted by molar-refractivity contribution is 7.10. The van der Waals surface area contributed by atoms with Gasteiger partial charge in [-0.15, -0.1) is 11.3 Å². The molecule has 8 heteroatoms. The van der Waals surface area contributed by atoms with E-state index in [1.807, 2.05) is 29.6 Å². The molecule has 196 valence electrons. The molecule has 1 aliphatic rings. The Hall–Kier alpha value is -3.07. The highest BCUT2D eigenvalue weighted by Crippen LogP contribution is 2.37. The molecule has 1 unspecified atom stereocenters. The number of thiophene rings is 1. The molecule has 1 aromatic heterocycles. The number of amides is 1. The Labute approximate surface area is 220 Å². The van der Waals surface area contributed by atoms with Crippen molar-refractivity contribution in [1.82, 2.24) is 10.6 Å². The molecule has 3 aromatic rings. The summed E-state index contributed by atoms with van der Waals surface area (Å²) in [7, 11) is 0. The fourth-order valence-corrected chi connectivity index (χ4v) is 5.28. The first kappa shape index (κ1) is 27.0. The van der Waals surface area contributed by atoms with Gasteiger partial charge in [-0.05, 0) is 60.0 Å². The number of benzene rings is 2. The van der Waals surface area contributed by atoms with Gasteiger partial charge in [0.1, 0.15) is 23.5 Å². The van der Waals surface area contributed by atoms with E-state index in [1.165, 1.54) is 17.7 Å². The van der Waals surface area contributed by atoms with Crippen LogP contribution in [0.4, 0.5) is 8.78 Å². The van der Waals surface area contributed by atoms with Crippen LogP contribution in [0.15, 0.2) is 71.3 Å². The number of allylic oxidation sites excluding steroid dienone is 1. The molecular weight excluding hydrogens is 494 g/mol. The van der Waals surface area contributed by atoms with Crippen molar-refractivity contribution in [1.29, 1.82) is 0 Å². The molecule has 3 atom stereocenters. The second kappa shape index (κ2) is 12.4. The second-order valence-corrected chi connectivity index (χ2v) is 10.3. The Bertz CT molecular complexity index is 1230. The maximum atomic E-state index is 13.8. The molecule has 0 radical (unpaired) electrons. The molecule has 1 aliphatic heterocycles. The quantitative estimate of drug-likeness (QED) is 0.321. The zero-order valence-electron chi connectivity index (χ0n) is 21.0. The molecule has 0 aliphatic carbocycles. The number of hydrogen-bond donors (Lipinski definition) is 3. The number of carbonyl (C=O) groups is 1. The van der Waals surface area contributed by atoms with E-state index in [2.05, 4.69) is 29.7 Å². The summed E-state index contributed by atoms with van der Waals surface area (Å²) in [6, 6.07) is 14.5. The van der Waals surface area contributed by atoms with Gasteiger partial charge in [-0.25, -0.2) is 8.78 Å². The van der Waals surface area contributed by atoms with Crippen LogP contribution in [0.25, 0.3) is 0 Å². The van der Waals surface area contributed by atoms with Crippen LogP contribution < -0.4 is 10.6 Å². The zero-order valence-corrected chi connectivity index (χ0v) is 21.8. The van der Waals surface area contributed by atoms with Crippen LogP contribution in [0, 0.1) is 11.6 Å². The standard InChI is InChI=1S/C29H32F2N2O3S/c1-3-19-6-4-7-20(10-19)16-32-17-26(34)25(13-21-11-22(30)14-23(31)12-21)33-29(35)24-15-27(36-18(24)2)28-8-5-9-37-28/h4-12,14,25-27,32,34H,3,13,15-17H2,1-2H3,(H,33,35)/t25-,26+,27?/m1/s1. The number of hydrogen-bond acceptors (Lipinski definition) is 5. The number of rotatable bonds is 11. The third-order valence-electron chi connectivity index (χ3n) is 6.51. The van der Waals surface area contributed by atoms with E-state index in [9.17, 15) is 18.7 Å². The van der Waals surface area contributed by atoms with E-state index < -0.39 is 23.8 Å². The predicted molar refractivity (Wildman–Crippen MR) is 141 cm³/mol. The van der Waals surface area contributed by atoms with Gasteiger partial charge in [-0.1, -0.05) is 37.3 Å². The summed E-state index contributed by atoms with van der Waals surface area (Å²) in [5.41, 5.74) is 3.16. The van der Waals surface area contributed by atoms with E-state index in [1.54, 1.807) is 18.3 Å². The predicted octanol–water partition coefficient (Wildman–Crippen LogP) is 5.20. The van der Waals surface area contributed by atoms with Gasteiger partial charge in [-0.2, -0.15) is 0 Å². The molecular formula is C29H32F2N2O3S. The molecule has 1 amide bonds. The normalized spacial score (nSPS) is 16.9. The molecule has 5 nitrogen and oxygen atoms in total. The molecule has 2 heterocycles. The third kappa shape index (κ3) is 7.25. The van der Waals surface area contributed by atoms with E-state index in [0.717, 1.165) is 22.9 Å². The number of nitrogens with one attached hydrogen (secondary N) is 2. The Morgan fingerprint density at radius 2 is 1.86 bits per heavy atom. The van der Waals surface area contributed by atoms with Crippen molar-refractivity contribution in [3.63, 3.8) is 0 Å². The Morgan fingerprint density at radius 1 is 1.11 bits per heavy atom. The smallest absolute Gasteiger partial charge is 0.251 e. The number of aryl methyl sites for hydroxylation is 1. The minimum Gasteiger partial charge on any atom is -0.489 e. The number of halogens is 2. The number of ether oxygens (including phenoxy) is 1. The van der Waals surface area contributed by atoms with E-state index in [0.29, 0.717) is 29.9 Å². The second-order valence-electron chi connectivity index (χ2n) is 9.29. The maximum absolute atomic E-state index is 13.8. The van der Waals surface area contributed by atoms with Crippen molar-refractivity contribution in [3.05, 3.63) is 105 Å². The highest BCUT2D eigenvalue weighted by atomic mass is 32.1. The number of aliphatic hydroxyl groups is 1. The van der Waals surface area contributed by atoms with Crippen molar-refractivity contribution in [2.45, 2.75) is 57.9 Å².